The number of carboxylic acid groups (broad SMARTS) is 1. The molecule has 19 heavy (non-hydrogen) atoms. The van der Waals surface area contributed by atoms with Crippen molar-refractivity contribution in [2.45, 2.75) is 0 Å². The van der Waals surface area contributed by atoms with Crippen molar-refractivity contribution in [2.75, 3.05) is 23.6 Å². The molecule has 2 N–H and O–H groups in total. The number of aliphatic carboxylic acids is 1. The molecule has 1 heterocycles. The Morgan fingerprint density at radius 1 is 1.32 bits per heavy atom. The second-order valence-electron chi connectivity index (χ2n) is 3.62. The van der Waals surface area contributed by atoms with Gasteiger partial charge < -0.3 is 19.9 Å². The van der Waals surface area contributed by atoms with Crippen LogP contribution in [0.4, 0.5) is 5.69 Å². The maximum Gasteiger partial charge on any atom is 0.313 e. The Bertz CT molecular complexity index is 522. The molecule has 0 aliphatic carbocycles. The van der Waals surface area contributed by atoms with E-state index in [0.717, 1.165) is 11.8 Å². The fourth-order valence-corrected chi connectivity index (χ4v) is 2.17. The first kappa shape index (κ1) is 13.8. The summed E-state index contributed by atoms with van der Waals surface area (Å²) < 4.78 is 10.3. The summed E-state index contributed by atoms with van der Waals surface area (Å²) in [6, 6.07) is 3.13. The highest BCUT2D eigenvalue weighted by Crippen LogP contribution is 2.39. The Morgan fingerprint density at radius 2 is 2.00 bits per heavy atom. The van der Waals surface area contributed by atoms with Crippen LogP contribution in [0, 0.1) is 0 Å². The molecule has 0 unspecified atom stereocenters. The van der Waals surface area contributed by atoms with Crippen LogP contribution in [0.2, 0.25) is 5.02 Å². The van der Waals surface area contributed by atoms with Gasteiger partial charge in [-0.1, -0.05) is 11.6 Å². The zero-order valence-electron chi connectivity index (χ0n) is 9.64. The van der Waals surface area contributed by atoms with Gasteiger partial charge in [0, 0.05) is 12.1 Å². The lowest BCUT2D eigenvalue weighted by molar-refractivity contribution is -0.133. The van der Waals surface area contributed by atoms with E-state index in [2.05, 4.69) is 5.32 Å². The Morgan fingerprint density at radius 3 is 2.68 bits per heavy atom. The van der Waals surface area contributed by atoms with Gasteiger partial charge >= 0.3 is 5.97 Å². The molecule has 1 aliphatic rings. The average molecular weight is 304 g/mol. The number of fused-ring (bicyclic) bond motifs is 1. The third-order valence-electron chi connectivity index (χ3n) is 2.20. The van der Waals surface area contributed by atoms with E-state index in [1.807, 2.05) is 0 Å². The van der Waals surface area contributed by atoms with Crippen LogP contribution in [-0.4, -0.2) is 35.3 Å². The number of anilines is 1. The molecule has 1 aliphatic heterocycles. The van der Waals surface area contributed by atoms with Crippen molar-refractivity contribution in [1.29, 1.82) is 0 Å². The highest BCUT2D eigenvalue weighted by Gasteiger charge is 2.17. The Balaban J connectivity index is 1.95. The van der Waals surface area contributed by atoms with Gasteiger partial charge in [-0.15, -0.1) is 11.8 Å². The van der Waals surface area contributed by atoms with E-state index in [0.29, 0.717) is 22.2 Å². The van der Waals surface area contributed by atoms with E-state index in [1.165, 1.54) is 0 Å². The molecule has 0 fully saturated rings. The molecule has 0 radical (unpaired) electrons. The second-order valence-corrected chi connectivity index (χ2v) is 5.01. The SMILES string of the molecule is O=C(O)CSCC(=O)Nc1cc2c(cc1Cl)OCO2. The number of carbonyl (C=O) groups is 2. The number of carbonyl (C=O) groups excluding carboxylic acids is 1. The monoisotopic (exact) mass is 303 g/mol. The summed E-state index contributed by atoms with van der Waals surface area (Å²) in [5.74, 6) is -0.327. The molecule has 1 aromatic rings. The number of nitrogens with one attached hydrogen (secondary N) is 1. The first-order chi connectivity index (χ1) is 9.06. The number of hydrogen-bond acceptors (Lipinski definition) is 5. The maximum absolute atomic E-state index is 11.6. The van der Waals surface area contributed by atoms with Gasteiger partial charge in [0.05, 0.1) is 22.2 Å². The van der Waals surface area contributed by atoms with Crippen molar-refractivity contribution in [3.05, 3.63) is 17.2 Å². The summed E-state index contributed by atoms with van der Waals surface area (Å²) in [4.78, 5) is 21.9. The van der Waals surface area contributed by atoms with Crippen LogP contribution in [-0.2, 0) is 9.59 Å². The predicted octanol–water partition coefficient (Wildman–Crippen LogP) is 1.82. The van der Waals surface area contributed by atoms with Crippen LogP contribution in [0.1, 0.15) is 0 Å². The van der Waals surface area contributed by atoms with Gasteiger partial charge in [0.1, 0.15) is 0 Å². The van der Waals surface area contributed by atoms with E-state index in [9.17, 15) is 9.59 Å². The molecule has 1 amide bonds. The van der Waals surface area contributed by atoms with Crippen molar-refractivity contribution >= 4 is 40.9 Å². The molecular weight excluding hydrogens is 294 g/mol. The fourth-order valence-electron chi connectivity index (χ4n) is 1.43. The van der Waals surface area contributed by atoms with E-state index >= 15 is 0 Å². The average Bonchev–Trinajstić information content (AvgIpc) is 2.76. The number of carboxylic acids is 1. The summed E-state index contributed by atoms with van der Waals surface area (Å²) in [5, 5.41) is 11.4. The lowest BCUT2D eigenvalue weighted by Crippen LogP contribution is -2.15. The third-order valence-corrected chi connectivity index (χ3v) is 3.43. The van der Waals surface area contributed by atoms with Gasteiger partial charge in [0.2, 0.25) is 12.7 Å². The van der Waals surface area contributed by atoms with Crippen LogP contribution < -0.4 is 14.8 Å². The minimum atomic E-state index is -0.959. The van der Waals surface area contributed by atoms with Gasteiger partial charge in [-0.3, -0.25) is 9.59 Å². The zero-order valence-corrected chi connectivity index (χ0v) is 11.2. The molecule has 0 saturated carbocycles. The van der Waals surface area contributed by atoms with Crippen molar-refractivity contribution < 1.29 is 24.2 Å². The van der Waals surface area contributed by atoms with Gasteiger partial charge in [-0.25, -0.2) is 0 Å². The molecule has 2 rings (SSSR count). The Hall–Kier alpha value is -1.60. The summed E-state index contributed by atoms with van der Waals surface area (Å²) in [5.41, 5.74) is 0.409. The molecule has 0 atom stereocenters. The number of rotatable bonds is 5. The van der Waals surface area contributed by atoms with Gasteiger partial charge in [0.15, 0.2) is 11.5 Å². The van der Waals surface area contributed by atoms with Crippen LogP contribution in [0.25, 0.3) is 0 Å². The van der Waals surface area contributed by atoms with Crippen molar-refractivity contribution in [1.82, 2.24) is 0 Å². The smallest absolute Gasteiger partial charge is 0.313 e. The van der Waals surface area contributed by atoms with E-state index in [4.69, 9.17) is 26.2 Å². The molecule has 0 aromatic heterocycles. The van der Waals surface area contributed by atoms with E-state index in [-0.39, 0.29) is 24.2 Å². The van der Waals surface area contributed by atoms with Gasteiger partial charge in [-0.05, 0) is 0 Å². The maximum atomic E-state index is 11.6. The highest BCUT2D eigenvalue weighted by molar-refractivity contribution is 8.00. The van der Waals surface area contributed by atoms with E-state index < -0.39 is 5.97 Å². The van der Waals surface area contributed by atoms with Crippen molar-refractivity contribution in [3.8, 4) is 11.5 Å². The largest absolute Gasteiger partial charge is 0.481 e. The number of benzene rings is 1. The number of halogens is 1. The molecule has 8 heteroatoms. The fraction of sp³-hybridized carbons (Fsp3) is 0.273. The lowest BCUT2D eigenvalue weighted by Gasteiger charge is -2.08. The second kappa shape index (κ2) is 6.03. The van der Waals surface area contributed by atoms with Gasteiger partial charge in [-0.2, -0.15) is 0 Å². The first-order valence-electron chi connectivity index (χ1n) is 5.25. The number of hydrogen-bond donors (Lipinski definition) is 2. The quantitative estimate of drug-likeness (QED) is 0.863. The minimum Gasteiger partial charge on any atom is -0.481 e. The van der Waals surface area contributed by atoms with Crippen molar-refractivity contribution in [3.63, 3.8) is 0 Å². The predicted molar refractivity (Wildman–Crippen MR) is 71.2 cm³/mol. The molecule has 0 bridgehead atoms. The van der Waals surface area contributed by atoms with Crippen molar-refractivity contribution in [2.24, 2.45) is 0 Å². The number of thioether (sulfide) groups is 1. The summed E-state index contributed by atoms with van der Waals surface area (Å²) in [6.45, 7) is 0.123. The Kier molecular flexibility index (Phi) is 4.39. The van der Waals surface area contributed by atoms with E-state index in [1.54, 1.807) is 12.1 Å². The molecule has 102 valence electrons. The van der Waals surface area contributed by atoms with Crippen LogP contribution in [0.15, 0.2) is 12.1 Å². The summed E-state index contributed by atoms with van der Waals surface area (Å²) in [6.07, 6.45) is 0. The molecule has 0 saturated heterocycles. The lowest BCUT2D eigenvalue weighted by atomic mass is 10.2. The topological polar surface area (TPSA) is 84.9 Å². The number of amides is 1. The minimum absolute atomic E-state index is 0.0388. The number of ether oxygens (including phenoxy) is 2. The molecule has 6 nitrogen and oxygen atoms in total. The third kappa shape index (κ3) is 3.68. The first-order valence-corrected chi connectivity index (χ1v) is 6.78. The molecular formula is C11H10ClNO5S. The summed E-state index contributed by atoms with van der Waals surface area (Å²) >= 11 is 6.99. The zero-order chi connectivity index (χ0) is 13.8. The summed E-state index contributed by atoms with van der Waals surface area (Å²) in [7, 11) is 0. The van der Waals surface area contributed by atoms with Crippen LogP contribution in [0.3, 0.4) is 0 Å². The van der Waals surface area contributed by atoms with Crippen LogP contribution in [0.5, 0.6) is 11.5 Å². The normalized spacial score (nSPS) is 12.3. The Labute approximate surface area is 118 Å². The standard InChI is InChI=1S/C11H10ClNO5S/c12-6-1-8-9(18-5-17-8)2-7(6)13-10(14)3-19-4-11(15)16/h1-2H,3-5H2,(H,13,14)(H,15,16). The van der Waals surface area contributed by atoms with Crippen LogP contribution >= 0.6 is 23.4 Å². The molecule has 0 spiro atoms. The van der Waals surface area contributed by atoms with Gasteiger partial charge in [0.25, 0.3) is 0 Å². The molecule has 1 aromatic carbocycles. The highest BCUT2D eigenvalue weighted by atomic mass is 35.5.